The highest BCUT2D eigenvalue weighted by atomic mass is 35.5. The number of ether oxygens (including phenoxy) is 2. The molecule has 1 aromatic heterocycles. The number of methoxy groups -OCH3 is 2. The number of benzene rings is 1. The predicted molar refractivity (Wildman–Crippen MR) is 79.6 cm³/mol. The van der Waals surface area contributed by atoms with Gasteiger partial charge in [0.1, 0.15) is 10.9 Å². The Hall–Kier alpha value is -2.05. The van der Waals surface area contributed by atoms with E-state index in [1.165, 1.54) is 26.4 Å². The highest BCUT2D eigenvalue weighted by Crippen LogP contribution is 2.24. The van der Waals surface area contributed by atoms with Crippen LogP contribution in [0.25, 0.3) is 0 Å². The number of amides is 1. The average Bonchev–Trinajstić information content (AvgIpc) is 2.46. The molecule has 0 saturated carbocycles. The number of anilines is 1. The Balaban J connectivity index is 2.30. The van der Waals surface area contributed by atoms with Gasteiger partial charge in [-0.05, 0) is 18.2 Å². The zero-order valence-corrected chi connectivity index (χ0v) is 12.7. The van der Waals surface area contributed by atoms with Crippen LogP contribution in [0.15, 0.2) is 24.3 Å². The first-order valence-electron chi connectivity index (χ1n) is 5.77. The molecule has 21 heavy (non-hydrogen) atoms. The fourth-order valence-electron chi connectivity index (χ4n) is 1.58. The maximum Gasteiger partial charge on any atom is 0.261 e. The number of nitrogens with one attached hydrogen (secondary N) is 1. The molecule has 0 aliphatic heterocycles. The van der Waals surface area contributed by atoms with Crippen LogP contribution < -0.4 is 14.8 Å². The standard InChI is InChI=1S/C13H11Cl2N3O3/c1-20-9-4-3-7(14)5-8(9)12(19)18-13-16-10(15)6-11(17-13)21-2/h3-6H,1-2H3,(H,16,17,18,19). The van der Waals surface area contributed by atoms with Gasteiger partial charge in [-0.15, -0.1) is 0 Å². The van der Waals surface area contributed by atoms with Crippen LogP contribution in [0.2, 0.25) is 10.2 Å². The molecule has 0 aliphatic carbocycles. The maximum absolute atomic E-state index is 12.2. The SMILES string of the molecule is COc1cc(Cl)nc(NC(=O)c2cc(Cl)ccc2OC)n1. The summed E-state index contributed by atoms with van der Waals surface area (Å²) in [5, 5.41) is 3.07. The summed E-state index contributed by atoms with van der Waals surface area (Å²) in [6, 6.07) is 6.13. The number of nitrogens with zero attached hydrogens (tertiary/aromatic N) is 2. The number of hydrogen-bond acceptors (Lipinski definition) is 5. The maximum atomic E-state index is 12.2. The Morgan fingerprint density at radius 3 is 2.57 bits per heavy atom. The van der Waals surface area contributed by atoms with Crippen LogP contribution in [0.3, 0.4) is 0 Å². The predicted octanol–water partition coefficient (Wildman–Crippen LogP) is 3.05. The minimum absolute atomic E-state index is 0.0198. The number of carbonyl (C=O) groups is 1. The molecule has 8 heteroatoms. The van der Waals surface area contributed by atoms with E-state index in [2.05, 4.69) is 15.3 Å². The lowest BCUT2D eigenvalue weighted by atomic mass is 10.2. The van der Waals surface area contributed by atoms with Gasteiger partial charge in [-0.2, -0.15) is 4.98 Å². The van der Waals surface area contributed by atoms with E-state index < -0.39 is 5.91 Å². The van der Waals surface area contributed by atoms with E-state index in [4.69, 9.17) is 32.7 Å². The summed E-state index contributed by atoms with van der Waals surface area (Å²) in [7, 11) is 2.89. The van der Waals surface area contributed by atoms with E-state index in [1.807, 2.05) is 0 Å². The lowest BCUT2D eigenvalue weighted by Gasteiger charge is -2.09. The summed E-state index contributed by atoms with van der Waals surface area (Å²) in [5.41, 5.74) is 0.257. The summed E-state index contributed by atoms with van der Waals surface area (Å²) in [6.07, 6.45) is 0. The molecule has 0 fully saturated rings. The quantitative estimate of drug-likeness (QED) is 0.873. The molecule has 0 radical (unpaired) electrons. The van der Waals surface area contributed by atoms with E-state index in [9.17, 15) is 4.79 Å². The zero-order chi connectivity index (χ0) is 15.4. The van der Waals surface area contributed by atoms with Crippen molar-refractivity contribution < 1.29 is 14.3 Å². The molecule has 110 valence electrons. The van der Waals surface area contributed by atoms with Gasteiger partial charge in [-0.1, -0.05) is 23.2 Å². The minimum atomic E-state index is -0.473. The van der Waals surface area contributed by atoms with Crippen molar-refractivity contribution in [1.29, 1.82) is 0 Å². The molecule has 0 aliphatic rings. The van der Waals surface area contributed by atoms with Crippen LogP contribution >= 0.6 is 23.2 Å². The molecule has 1 aromatic carbocycles. The van der Waals surface area contributed by atoms with Gasteiger partial charge < -0.3 is 9.47 Å². The first-order chi connectivity index (χ1) is 10.0. The smallest absolute Gasteiger partial charge is 0.261 e. The summed E-state index contributed by atoms with van der Waals surface area (Å²) in [4.78, 5) is 20.1. The molecule has 0 atom stereocenters. The monoisotopic (exact) mass is 327 g/mol. The number of aromatic nitrogens is 2. The van der Waals surface area contributed by atoms with Crippen molar-refractivity contribution in [2.75, 3.05) is 19.5 Å². The van der Waals surface area contributed by atoms with Crippen molar-refractivity contribution >= 4 is 35.1 Å². The highest BCUT2D eigenvalue weighted by molar-refractivity contribution is 6.31. The summed E-state index contributed by atoms with van der Waals surface area (Å²) in [6.45, 7) is 0. The van der Waals surface area contributed by atoms with Crippen LogP contribution in [-0.2, 0) is 0 Å². The first-order valence-corrected chi connectivity index (χ1v) is 6.52. The summed E-state index contributed by atoms with van der Waals surface area (Å²) < 4.78 is 10.1. The molecule has 1 heterocycles. The molecular weight excluding hydrogens is 317 g/mol. The highest BCUT2D eigenvalue weighted by Gasteiger charge is 2.15. The molecule has 6 nitrogen and oxygen atoms in total. The minimum Gasteiger partial charge on any atom is -0.496 e. The van der Waals surface area contributed by atoms with Gasteiger partial charge in [-0.25, -0.2) is 4.98 Å². The second kappa shape index (κ2) is 6.60. The molecule has 0 spiro atoms. The fraction of sp³-hybridized carbons (Fsp3) is 0.154. The molecule has 2 aromatic rings. The molecule has 0 unspecified atom stereocenters. The van der Waals surface area contributed by atoms with E-state index >= 15 is 0 Å². The van der Waals surface area contributed by atoms with Crippen molar-refractivity contribution in [2.24, 2.45) is 0 Å². The summed E-state index contributed by atoms with van der Waals surface area (Å²) in [5.74, 6) is 0.166. The molecule has 1 amide bonds. The third kappa shape index (κ3) is 3.74. The molecular formula is C13H11Cl2N3O3. The topological polar surface area (TPSA) is 73.3 Å². The lowest BCUT2D eigenvalue weighted by molar-refractivity contribution is 0.102. The van der Waals surface area contributed by atoms with Gasteiger partial charge in [0, 0.05) is 11.1 Å². The summed E-state index contributed by atoms with van der Waals surface area (Å²) >= 11 is 11.7. The Bertz CT molecular complexity index is 680. The zero-order valence-electron chi connectivity index (χ0n) is 11.2. The fourth-order valence-corrected chi connectivity index (χ4v) is 1.93. The van der Waals surface area contributed by atoms with Gasteiger partial charge in [0.25, 0.3) is 5.91 Å². The van der Waals surface area contributed by atoms with E-state index in [0.717, 1.165) is 0 Å². The third-order valence-electron chi connectivity index (χ3n) is 2.51. The van der Waals surface area contributed by atoms with Gasteiger partial charge >= 0.3 is 0 Å². The van der Waals surface area contributed by atoms with Crippen molar-refractivity contribution in [1.82, 2.24) is 9.97 Å². The molecule has 0 bridgehead atoms. The molecule has 0 saturated heterocycles. The van der Waals surface area contributed by atoms with E-state index in [-0.39, 0.29) is 22.5 Å². The molecule has 1 N–H and O–H groups in total. The second-order valence-electron chi connectivity index (χ2n) is 3.86. The van der Waals surface area contributed by atoms with Crippen LogP contribution in [0.1, 0.15) is 10.4 Å². The van der Waals surface area contributed by atoms with Crippen LogP contribution in [0, 0.1) is 0 Å². The number of hydrogen-bond donors (Lipinski definition) is 1. The van der Waals surface area contributed by atoms with Gasteiger partial charge in [0.05, 0.1) is 19.8 Å². The van der Waals surface area contributed by atoms with E-state index in [1.54, 1.807) is 12.1 Å². The van der Waals surface area contributed by atoms with Crippen molar-refractivity contribution in [3.05, 3.63) is 40.0 Å². The number of rotatable bonds is 4. The third-order valence-corrected chi connectivity index (χ3v) is 2.94. The average molecular weight is 328 g/mol. The molecule has 2 rings (SSSR count). The van der Waals surface area contributed by atoms with Crippen molar-refractivity contribution in [3.8, 4) is 11.6 Å². The van der Waals surface area contributed by atoms with E-state index in [0.29, 0.717) is 10.8 Å². The van der Waals surface area contributed by atoms with Gasteiger partial charge in [0.15, 0.2) is 0 Å². The first kappa shape index (κ1) is 15.3. The normalized spacial score (nSPS) is 10.1. The van der Waals surface area contributed by atoms with Crippen molar-refractivity contribution in [3.63, 3.8) is 0 Å². The Morgan fingerprint density at radius 2 is 1.90 bits per heavy atom. The Kier molecular flexibility index (Phi) is 4.82. The Morgan fingerprint density at radius 1 is 1.14 bits per heavy atom. The number of carbonyl (C=O) groups excluding carboxylic acids is 1. The second-order valence-corrected chi connectivity index (χ2v) is 4.68. The Labute approximate surface area is 131 Å². The van der Waals surface area contributed by atoms with Gasteiger partial charge in [0.2, 0.25) is 11.8 Å². The van der Waals surface area contributed by atoms with Gasteiger partial charge in [-0.3, -0.25) is 10.1 Å². The van der Waals surface area contributed by atoms with Crippen LogP contribution in [0.5, 0.6) is 11.6 Å². The van der Waals surface area contributed by atoms with Crippen molar-refractivity contribution in [2.45, 2.75) is 0 Å². The lowest BCUT2D eigenvalue weighted by Crippen LogP contribution is -2.15. The van der Waals surface area contributed by atoms with Crippen LogP contribution in [-0.4, -0.2) is 30.1 Å². The number of halogens is 2. The largest absolute Gasteiger partial charge is 0.496 e. The van der Waals surface area contributed by atoms with Crippen LogP contribution in [0.4, 0.5) is 5.95 Å².